The summed E-state index contributed by atoms with van der Waals surface area (Å²) in [5.41, 5.74) is 0. The molecule has 0 aliphatic carbocycles. The van der Waals surface area contributed by atoms with Gasteiger partial charge in [0.2, 0.25) is 0 Å². The number of carbonyl (C=O) groups is 1. The number of rotatable bonds is 5. The minimum Gasteiger partial charge on any atom is -0.481 e. The fourth-order valence-electron chi connectivity index (χ4n) is 0.776. The van der Waals surface area contributed by atoms with Crippen molar-refractivity contribution in [2.75, 3.05) is 0 Å². The van der Waals surface area contributed by atoms with Crippen LogP contribution in [0.5, 0.6) is 0 Å². The third-order valence-corrected chi connectivity index (χ3v) is 2.63. The molecule has 0 heterocycles. The first kappa shape index (κ1) is 14.8. The van der Waals surface area contributed by atoms with Gasteiger partial charge >= 0.3 is 18.1 Å². The number of carboxylic acid groups (broad SMARTS) is 1. The first-order valence-electron chi connectivity index (χ1n) is 3.86. The maximum Gasteiger partial charge on any atom is 0.453 e. The molecule has 0 saturated heterocycles. The van der Waals surface area contributed by atoms with E-state index in [2.05, 4.69) is 0 Å². The van der Waals surface area contributed by atoms with E-state index < -0.39 is 34.8 Å². The molecule has 0 aromatic rings. The minimum absolute atomic E-state index is 0.207. The van der Waals surface area contributed by atoms with E-state index >= 15 is 0 Å². The second kappa shape index (κ2) is 5.26. The Balaban J connectivity index is 4.16. The molecule has 0 bridgehead atoms. The topological polar surface area (TPSA) is 37.3 Å². The summed E-state index contributed by atoms with van der Waals surface area (Å²) in [4.78, 5) is 10.1. The first-order valence-corrected chi connectivity index (χ1v) is 5.11. The molecule has 0 rings (SSSR count). The molecule has 0 fully saturated rings. The lowest BCUT2D eigenvalue weighted by atomic mass is 10.1. The van der Waals surface area contributed by atoms with Crippen molar-refractivity contribution < 1.29 is 31.9 Å². The molecule has 90 valence electrons. The van der Waals surface area contributed by atoms with E-state index in [1.807, 2.05) is 0 Å². The molecule has 8 heteroatoms. The Morgan fingerprint density at radius 2 is 1.73 bits per heavy atom. The third kappa shape index (κ3) is 5.47. The van der Waals surface area contributed by atoms with Gasteiger partial charge in [-0.05, 0) is 6.42 Å². The Hall–Kier alpha value is -0.150. The molecule has 1 atom stereocenters. The Labute approximate surface area is 96.0 Å². The van der Waals surface area contributed by atoms with Gasteiger partial charge in [0.25, 0.3) is 0 Å². The van der Waals surface area contributed by atoms with Gasteiger partial charge in [-0.1, -0.05) is 22.6 Å². The molecule has 0 aliphatic rings. The smallest absolute Gasteiger partial charge is 0.453 e. The zero-order valence-corrected chi connectivity index (χ0v) is 9.48. The zero-order valence-electron chi connectivity index (χ0n) is 7.32. The number of hydrogen-bond donors (Lipinski definition) is 1. The van der Waals surface area contributed by atoms with Gasteiger partial charge in [-0.25, -0.2) is 0 Å². The summed E-state index contributed by atoms with van der Waals surface area (Å²) < 4.78 is 59.0. The number of hydrogen-bond acceptors (Lipinski definition) is 1. The van der Waals surface area contributed by atoms with Crippen LogP contribution >= 0.6 is 22.6 Å². The minimum atomic E-state index is -5.57. The van der Waals surface area contributed by atoms with Crippen molar-refractivity contribution in [2.45, 2.75) is 35.3 Å². The van der Waals surface area contributed by atoms with Crippen molar-refractivity contribution in [1.29, 1.82) is 0 Å². The highest BCUT2D eigenvalue weighted by atomic mass is 127. The van der Waals surface area contributed by atoms with Gasteiger partial charge < -0.3 is 5.11 Å². The molecule has 0 aliphatic heterocycles. The summed E-state index contributed by atoms with van der Waals surface area (Å²) in [6.45, 7) is 0. The van der Waals surface area contributed by atoms with E-state index in [9.17, 15) is 26.7 Å². The van der Waals surface area contributed by atoms with Crippen LogP contribution in [0.2, 0.25) is 0 Å². The van der Waals surface area contributed by atoms with Crippen LogP contribution in [0.15, 0.2) is 0 Å². The number of carboxylic acids is 1. The van der Waals surface area contributed by atoms with Crippen LogP contribution in [-0.4, -0.2) is 27.1 Å². The van der Waals surface area contributed by atoms with Gasteiger partial charge in [0.1, 0.15) is 0 Å². The molecule has 0 saturated carbocycles. The van der Waals surface area contributed by atoms with Crippen LogP contribution < -0.4 is 0 Å². The lowest BCUT2D eigenvalue weighted by Crippen LogP contribution is -2.38. The molecule has 1 unspecified atom stereocenters. The molecule has 0 aromatic heterocycles. The number of alkyl halides is 6. The summed E-state index contributed by atoms with van der Waals surface area (Å²) in [6, 6.07) is 0. The Morgan fingerprint density at radius 3 is 2.07 bits per heavy atom. The molecular formula is C7H8F5IO2. The quantitative estimate of drug-likeness (QED) is 0.472. The van der Waals surface area contributed by atoms with Crippen molar-refractivity contribution in [1.82, 2.24) is 0 Å². The van der Waals surface area contributed by atoms with Gasteiger partial charge in [0.15, 0.2) is 0 Å². The molecule has 0 radical (unpaired) electrons. The molecule has 0 spiro atoms. The summed E-state index contributed by atoms with van der Waals surface area (Å²) in [7, 11) is 0. The molecule has 2 nitrogen and oxygen atoms in total. The molecular weight excluding hydrogens is 338 g/mol. The second-order valence-electron chi connectivity index (χ2n) is 2.94. The maximum absolute atomic E-state index is 12.4. The fraction of sp³-hybridized carbons (Fsp3) is 0.857. The first-order chi connectivity index (χ1) is 6.56. The molecule has 1 N–H and O–H groups in total. The van der Waals surface area contributed by atoms with Crippen molar-refractivity contribution in [3.8, 4) is 0 Å². The predicted octanol–water partition coefficient (Wildman–Crippen LogP) is 3.24. The van der Waals surface area contributed by atoms with Crippen molar-refractivity contribution in [3.05, 3.63) is 0 Å². The van der Waals surface area contributed by atoms with Crippen molar-refractivity contribution >= 4 is 28.6 Å². The third-order valence-electron chi connectivity index (χ3n) is 1.56. The van der Waals surface area contributed by atoms with Crippen LogP contribution in [0.3, 0.4) is 0 Å². The van der Waals surface area contributed by atoms with E-state index in [1.165, 1.54) is 22.6 Å². The largest absolute Gasteiger partial charge is 0.481 e. The van der Waals surface area contributed by atoms with Gasteiger partial charge in [0.05, 0.1) is 0 Å². The van der Waals surface area contributed by atoms with E-state index in [0.717, 1.165) is 0 Å². The normalized spacial score (nSPS) is 15.1. The highest BCUT2D eigenvalue weighted by Gasteiger charge is 2.57. The van der Waals surface area contributed by atoms with Crippen LogP contribution in [0.4, 0.5) is 22.0 Å². The Bertz CT molecular complexity index is 228. The van der Waals surface area contributed by atoms with E-state index in [-0.39, 0.29) is 6.42 Å². The highest BCUT2D eigenvalue weighted by molar-refractivity contribution is 14.1. The van der Waals surface area contributed by atoms with E-state index in [1.54, 1.807) is 0 Å². The Kier molecular flexibility index (Phi) is 5.21. The monoisotopic (exact) mass is 346 g/mol. The molecule has 15 heavy (non-hydrogen) atoms. The molecule has 0 aromatic carbocycles. The van der Waals surface area contributed by atoms with E-state index in [4.69, 9.17) is 5.11 Å². The summed E-state index contributed by atoms with van der Waals surface area (Å²) in [6.07, 6.45) is -7.58. The lowest BCUT2D eigenvalue weighted by molar-refractivity contribution is -0.283. The van der Waals surface area contributed by atoms with Gasteiger partial charge in [-0.3, -0.25) is 4.79 Å². The van der Waals surface area contributed by atoms with Crippen molar-refractivity contribution in [2.24, 2.45) is 0 Å². The van der Waals surface area contributed by atoms with E-state index in [0.29, 0.717) is 0 Å². The van der Waals surface area contributed by atoms with Crippen molar-refractivity contribution in [3.63, 3.8) is 0 Å². The van der Waals surface area contributed by atoms with Crippen LogP contribution in [0.25, 0.3) is 0 Å². The summed E-state index contributed by atoms with van der Waals surface area (Å²) in [5, 5.41) is 8.21. The van der Waals surface area contributed by atoms with Gasteiger partial charge in [0, 0.05) is 16.8 Å². The highest BCUT2D eigenvalue weighted by Crippen LogP contribution is 2.40. The predicted molar refractivity (Wildman–Crippen MR) is 50.3 cm³/mol. The van der Waals surface area contributed by atoms with Crippen LogP contribution in [-0.2, 0) is 4.79 Å². The van der Waals surface area contributed by atoms with Gasteiger partial charge in [-0.15, -0.1) is 0 Å². The average molecular weight is 346 g/mol. The van der Waals surface area contributed by atoms with Gasteiger partial charge in [-0.2, -0.15) is 22.0 Å². The summed E-state index contributed by atoms with van der Waals surface area (Å²) >= 11 is 1.40. The lowest BCUT2D eigenvalue weighted by Gasteiger charge is -2.21. The number of aliphatic carboxylic acids is 1. The number of halogens is 6. The average Bonchev–Trinajstić information content (AvgIpc) is 1.97. The summed E-state index contributed by atoms with van der Waals surface area (Å²) in [5.74, 6) is -5.97. The standard InChI is InChI=1S/C7H8F5IO2/c8-6(9,7(10,11)12)3-4(13)1-2-5(14)15/h4H,1-3H2,(H,14,15). The fourth-order valence-corrected chi connectivity index (χ4v) is 1.64. The second-order valence-corrected chi connectivity index (χ2v) is 4.70. The maximum atomic E-state index is 12.4. The SMILES string of the molecule is O=C(O)CCC(I)CC(F)(F)C(F)(F)F. The van der Waals surface area contributed by atoms with Crippen LogP contribution in [0, 0.1) is 0 Å². The zero-order chi connectivity index (χ0) is 12.3. The van der Waals surface area contributed by atoms with Crippen LogP contribution in [0.1, 0.15) is 19.3 Å². The Morgan fingerprint density at radius 1 is 1.27 bits per heavy atom. The molecule has 0 amide bonds.